The average Bonchev–Trinajstić information content (AvgIpc) is 1.95. The summed E-state index contributed by atoms with van der Waals surface area (Å²) in [6, 6.07) is 0. The van der Waals surface area contributed by atoms with Gasteiger partial charge in [-0.25, -0.2) is 0 Å². The second-order valence-corrected chi connectivity index (χ2v) is 6.01. The summed E-state index contributed by atoms with van der Waals surface area (Å²) < 4.78 is 0. The third-order valence-corrected chi connectivity index (χ3v) is 3.84. The van der Waals surface area contributed by atoms with Crippen molar-refractivity contribution in [2.45, 2.75) is 41.0 Å². The average molecular weight is 192 g/mol. The third kappa shape index (κ3) is 2.14. The molecule has 0 saturated carbocycles. The van der Waals surface area contributed by atoms with Gasteiger partial charge in [-0.3, -0.25) is 0 Å². The van der Waals surface area contributed by atoms with Gasteiger partial charge in [-0.05, 0) is 31.3 Å². The fourth-order valence-electron chi connectivity index (χ4n) is 2.20. The molecule has 1 aliphatic carbocycles. The number of rotatable bonds is 0. The summed E-state index contributed by atoms with van der Waals surface area (Å²) in [5.41, 5.74) is 4.86. The van der Waals surface area contributed by atoms with Gasteiger partial charge >= 0.3 is 0 Å². The van der Waals surface area contributed by atoms with E-state index in [-0.39, 0.29) is 0 Å². The van der Waals surface area contributed by atoms with Crippen molar-refractivity contribution < 1.29 is 0 Å². The highest BCUT2D eigenvalue weighted by atomic mass is 28.1. The minimum Gasteiger partial charge on any atom is -0.0805 e. The lowest BCUT2D eigenvalue weighted by Crippen LogP contribution is -2.17. The minimum atomic E-state index is 0.298. The van der Waals surface area contributed by atoms with Crippen LogP contribution in [0.4, 0.5) is 0 Å². The first-order valence-corrected chi connectivity index (χ1v) is 5.96. The summed E-state index contributed by atoms with van der Waals surface area (Å²) in [5.74, 6) is 0. The van der Waals surface area contributed by atoms with Crippen molar-refractivity contribution in [2.24, 2.45) is 5.41 Å². The summed E-state index contributed by atoms with van der Waals surface area (Å²) in [4.78, 5) is 0. The first-order valence-electron chi connectivity index (χ1n) is 4.96. The topological polar surface area (TPSA) is 0 Å². The molecular weight excluding hydrogens is 172 g/mol. The smallest absolute Gasteiger partial charge is 0.0345 e. The van der Waals surface area contributed by atoms with Gasteiger partial charge in [0.25, 0.3) is 0 Å². The predicted octanol–water partition coefficient (Wildman–Crippen LogP) is 2.47. The van der Waals surface area contributed by atoms with Crippen molar-refractivity contribution in [2.75, 3.05) is 0 Å². The van der Waals surface area contributed by atoms with Gasteiger partial charge in [-0.1, -0.05) is 37.1 Å². The van der Waals surface area contributed by atoms with Crippen LogP contribution in [-0.2, 0) is 0 Å². The van der Waals surface area contributed by atoms with Crippen LogP contribution in [0.25, 0.3) is 0 Å². The zero-order valence-corrected chi connectivity index (χ0v) is 11.7. The standard InChI is InChI=1S/C12H20Si/c1-8-6-7-10(13)9(2)11(8)12(3,4)5/h6H2,1-5,13H3. The fraction of sp³-hybridized carbons (Fsp3) is 0.583. The quantitative estimate of drug-likeness (QED) is 0.517. The Kier molecular flexibility index (Phi) is 2.86. The molecule has 0 amide bonds. The predicted molar refractivity (Wildman–Crippen MR) is 62.7 cm³/mol. The summed E-state index contributed by atoms with van der Waals surface area (Å²) >= 11 is 0. The van der Waals surface area contributed by atoms with Gasteiger partial charge in [-0.15, -0.1) is 0 Å². The van der Waals surface area contributed by atoms with Gasteiger partial charge in [0.1, 0.15) is 0 Å². The van der Waals surface area contributed by atoms with E-state index < -0.39 is 0 Å². The summed E-state index contributed by atoms with van der Waals surface area (Å²) in [5, 5.41) is 1.47. The largest absolute Gasteiger partial charge is 0.0805 e. The van der Waals surface area contributed by atoms with Crippen molar-refractivity contribution in [1.29, 1.82) is 0 Å². The highest BCUT2D eigenvalue weighted by molar-refractivity contribution is 6.23. The van der Waals surface area contributed by atoms with Crippen LogP contribution in [0.2, 0.25) is 0 Å². The monoisotopic (exact) mass is 192 g/mol. The molecule has 13 heavy (non-hydrogen) atoms. The number of hydrogen-bond donors (Lipinski definition) is 0. The van der Waals surface area contributed by atoms with E-state index in [0.717, 1.165) is 16.7 Å². The van der Waals surface area contributed by atoms with Gasteiger partial charge in [0.05, 0.1) is 0 Å². The first-order chi connectivity index (χ1) is 5.84. The second-order valence-electron chi connectivity index (χ2n) is 5.01. The van der Waals surface area contributed by atoms with Crippen molar-refractivity contribution in [3.63, 3.8) is 0 Å². The fourth-order valence-corrected chi connectivity index (χ4v) is 2.62. The molecule has 0 bridgehead atoms. The van der Waals surface area contributed by atoms with Gasteiger partial charge in [0, 0.05) is 16.7 Å². The van der Waals surface area contributed by atoms with E-state index in [0.29, 0.717) is 5.41 Å². The maximum Gasteiger partial charge on any atom is 0.0345 e. The Labute approximate surface area is 85.5 Å². The lowest BCUT2D eigenvalue weighted by atomic mass is 9.76. The molecule has 1 aliphatic rings. The molecule has 0 N–H and O–H groups in total. The van der Waals surface area contributed by atoms with Crippen LogP contribution in [0.5, 0.6) is 0 Å². The Hall–Kier alpha value is -0.303. The van der Waals surface area contributed by atoms with Gasteiger partial charge < -0.3 is 0 Å². The van der Waals surface area contributed by atoms with Gasteiger partial charge in [-0.2, -0.15) is 0 Å². The Morgan fingerprint density at radius 2 is 1.77 bits per heavy atom. The Morgan fingerprint density at radius 3 is 2.15 bits per heavy atom. The van der Waals surface area contributed by atoms with Gasteiger partial charge in [0.2, 0.25) is 0 Å². The van der Waals surface area contributed by atoms with Crippen molar-refractivity contribution in [3.05, 3.63) is 28.3 Å². The van der Waals surface area contributed by atoms with E-state index in [2.05, 4.69) is 41.0 Å². The molecule has 0 heterocycles. The van der Waals surface area contributed by atoms with E-state index in [1.165, 1.54) is 16.3 Å². The Balaban J connectivity index is 3.19. The van der Waals surface area contributed by atoms with E-state index in [1.54, 1.807) is 5.57 Å². The lowest BCUT2D eigenvalue weighted by Gasteiger charge is -2.31. The first kappa shape index (κ1) is 10.8. The van der Waals surface area contributed by atoms with Crippen LogP contribution in [0.1, 0.15) is 41.0 Å². The number of allylic oxidation sites excluding steroid dienone is 4. The van der Waals surface area contributed by atoms with E-state index in [1.807, 2.05) is 0 Å². The van der Waals surface area contributed by atoms with Crippen LogP contribution in [-0.4, -0.2) is 10.2 Å². The maximum absolute atomic E-state index is 3.47. The number of hydrogen-bond acceptors (Lipinski definition) is 0. The summed E-state index contributed by atoms with van der Waals surface area (Å²) in [6.07, 6.45) is 4.51. The maximum atomic E-state index is 3.47. The molecular formula is C12H20Si. The van der Waals surface area contributed by atoms with E-state index >= 15 is 0 Å². The molecule has 0 unspecified atom stereocenters. The summed E-state index contributed by atoms with van der Waals surface area (Å²) in [7, 11) is 1.13. The van der Waals surface area contributed by atoms with Crippen molar-refractivity contribution in [1.82, 2.24) is 0 Å². The minimum absolute atomic E-state index is 0.298. The molecule has 72 valence electrons. The van der Waals surface area contributed by atoms with Crippen molar-refractivity contribution in [3.8, 4) is 0 Å². The second kappa shape index (κ2) is 3.45. The molecule has 0 spiro atoms. The summed E-state index contributed by atoms with van der Waals surface area (Å²) in [6.45, 7) is 11.4. The molecule has 0 saturated heterocycles. The molecule has 1 rings (SSSR count). The van der Waals surface area contributed by atoms with Crippen LogP contribution in [0.3, 0.4) is 0 Å². The zero-order valence-electron chi connectivity index (χ0n) is 9.71. The Bertz CT molecular complexity index is 274. The molecule has 2 radical (unpaired) electrons. The Morgan fingerprint density at radius 1 is 1.23 bits per heavy atom. The molecule has 0 aliphatic heterocycles. The highest BCUT2D eigenvalue weighted by Gasteiger charge is 2.24. The zero-order chi connectivity index (χ0) is 10.2. The van der Waals surface area contributed by atoms with Crippen LogP contribution < -0.4 is 0 Å². The molecule has 0 aromatic carbocycles. The van der Waals surface area contributed by atoms with Crippen LogP contribution in [0, 0.1) is 11.8 Å². The van der Waals surface area contributed by atoms with Crippen LogP contribution in [0.15, 0.2) is 21.9 Å². The van der Waals surface area contributed by atoms with E-state index in [4.69, 9.17) is 0 Å². The van der Waals surface area contributed by atoms with Gasteiger partial charge in [0.15, 0.2) is 0 Å². The SMILES string of the molecule is CC1=C(C(C)(C)C)C(C)=C([SiH3])[C]C1. The van der Waals surface area contributed by atoms with Crippen molar-refractivity contribution >= 4 is 10.2 Å². The molecule has 0 atom stereocenters. The normalized spacial score (nSPS) is 20.1. The molecule has 0 nitrogen and oxygen atoms in total. The molecule has 0 aromatic heterocycles. The highest BCUT2D eigenvalue weighted by Crippen LogP contribution is 2.39. The third-order valence-electron chi connectivity index (χ3n) is 2.73. The molecule has 0 aromatic rings. The van der Waals surface area contributed by atoms with E-state index in [9.17, 15) is 0 Å². The van der Waals surface area contributed by atoms with Crippen LogP contribution >= 0.6 is 0 Å². The molecule has 0 fully saturated rings. The molecule has 1 heteroatoms. The lowest BCUT2D eigenvalue weighted by molar-refractivity contribution is 0.501.